The number of carbonyl (C=O) groups excluding carboxylic acids is 1. The fraction of sp³-hybridized carbons (Fsp3) is 0.278. The van der Waals surface area contributed by atoms with Crippen LogP contribution in [0.25, 0.3) is 0 Å². The summed E-state index contributed by atoms with van der Waals surface area (Å²) >= 11 is 9.65. The van der Waals surface area contributed by atoms with Gasteiger partial charge in [-0.3, -0.25) is 0 Å². The highest BCUT2D eigenvalue weighted by Gasteiger charge is 2.24. The first kappa shape index (κ1) is 17.1. The molecule has 4 nitrogen and oxygen atoms in total. The number of ether oxygens (including phenoxy) is 1. The van der Waals surface area contributed by atoms with Gasteiger partial charge in [0.25, 0.3) is 0 Å². The van der Waals surface area contributed by atoms with Crippen LogP contribution in [-0.2, 0) is 0 Å². The van der Waals surface area contributed by atoms with E-state index >= 15 is 0 Å². The van der Waals surface area contributed by atoms with Crippen LogP contribution in [0.1, 0.15) is 36.6 Å². The molecule has 1 heterocycles. The third-order valence-electron chi connectivity index (χ3n) is 4.04. The lowest BCUT2D eigenvalue weighted by molar-refractivity contribution is 0.221. The van der Waals surface area contributed by atoms with E-state index in [1.807, 2.05) is 49.4 Å². The van der Waals surface area contributed by atoms with Gasteiger partial charge in [0.1, 0.15) is 5.75 Å². The maximum atomic E-state index is 12.4. The van der Waals surface area contributed by atoms with Crippen LogP contribution in [0.4, 0.5) is 4.79 Å². The Morgan fingerprint density at radius 1 is 1.33 bits per heavy atom. The van der Waals surface area contributed by atoms with E-state index in [2.05, 4.69) is 26.6 Å². The van der Waals surface area contributed by atoms with E-state index < -0.39 is 0 Å². The molecule has 2 N–H and O–H groups in total. The van der Waals surface area contributed by atoms with Crippen molar-refractivity contribution < 1.29 is 9.53 Å². The van der Waals surface area contributed by atoms with E-state index in [9.17, 15) is 4.79 Å². The summed E-state index contributed by atoms with van der Waals surface area (Å²) in [5, 5.41) is 6.62. The van der Waals surface area contributed by atoms with E-state index in [0.717, 1.165) is 27.8 Å². The first-order valence-electron chi connectivity index (χ1n) is 7.78. The molecule has 126 valence electrons. The fourth-order valence-corrected chi connectivity index (χ4v) is 3.49. The molecule has 0 bridgehead atoms. The van der Waals surface area contributed by atoms with Crippen molar-refractivity contribution in [3.05, 3.63) is 63.1 Å². The van der Waals surface area contributed by atoms with Gasteiger partial charge in [-0.1, -0.05) is 45.7 Å². The third-order valence-corrected chi connectivity index (χ3v) is 4.87. The van der Waals surface area contributed by atoms with Crippen LogP contribution in [-0.4, -0.2) is 12.6 Å². The van der Waals surface area contributed by atoms with Crippen molar-refractivity contribution in [2.24, 2.45) is 0 Å². The lowest BCUT2D eigenvalue weighted by Crippen LogP contribution is -2.40. The lowest BCUT2D eigenvalue weighted by Gasteiger charge is -2.27. The predicted molar refractivity (Wildman–Crippen MR) is 98.5 cm³/mol. The summed E-state index contributed by atoms with van der Waals surface area (Å²) in [4.78, 5) is 12.4. The molecule has 2 aromatic rings. The van der Waals surface area contributed by atoms with Gasteiger partial charge in [0, 0.05) is 21.5 Å². The number of hydrogen-bond acceptors (Lipinski definition) is 2. The van der Waals surface area contributed by atoms with E-state index in [1.54, 1.807) is 0 Å². The Labute approximate surface area is 154 Å². The van der Waals surface area contributed by atoms with Crippen molar-refractivity contribution in [2.45, 2.75) is 25.4 Å². The molecule has 0 aromatic heterocycles. The molecular formula is C18H18BrClN2O2. The van der Waals surface area contributed by atoms with Crippen LogP contribution < -0.4 is 15.4 Å². The Morgan fingerprint density at radius 2 is 2.12 bits per heavy atom. The zero-order valence-corrected chi connectivity index (χ0v) is 15.5. The van der Waals surface area contributed by atoms with E-state index in [-0.39, 0.29) is 18.1 Å². The minimum atomic E-state index is -0.222. The molecule has 2 amide bonds. The Morgan fingerprint density at radius 3 is 2.92 bits per heavy atom. The summed E-state index contributed by atoms with van der Waals surface area (Å²) in [5.74, 6) is 0.814. The summed E-state index contributed by atoms with van der Waals surface area (Å²) in [6.45, 7) is 2.49. The van der Waals surface area contributed by atoms with Crippen LogP contribution >= 0.6 is 27.5 Å². The van der Waals surface area contributed by atoms with Crippen LogP contribution in [0.3, 0.4) is 0 Å². The smallest absolute Gasteiger partial charge is 0.315 e. The molecule has 2 unspecified atom stereocenters. The highest BCUT2D eigenvalue weighted by Crippen LogP contribution is 2.34. The molecule has 6 heteroatoms. The molecule has 2 aromatic carbocycles. The normalized spacial score (nSPS) is 17.4. The van der Waals surface area contributed by atoms with Crippen LogP contribution in [0.5, 0.6) is 5.75 Å². The Balaban J connectivity index is 1.68. The number of nitrogens with one attached hydrogen (secondary N) is 2. The molecule has 24 heavy (non-hydrogen) atoms. The third kappa shape index (κ3) is 3.84. The second-order valence-corrected chi connectivity index (χ2v) is 7.06. The maximum Gasteiger partial charge on any atom is 0.315 e. The second kappa shape index (κ2) is 7.45. The molecular weight excluding hydrogens is 392 g/mol. The number of benzene rings is 2. The highest BCUT2D eigenvalue weighted by atomic mass is 79.9. The Hall–Kier alpha value is -1.72. The van der Waals surface area contributed by atoms with Gasteiger partial charge >= 0.3 is 6.03 Å². The van der Waals surface area contributed by atoms with Gasteiger partial charge in [-0.05, 0) is 36.8 Å². The number of carbonyl (C=O) groups is 1. The number of halogens is 2. The van der Waals surface area contributed by atoms with Gasteiger partial charge in [0.2, 0.25) is 0 Å². The van der Waals surface area contributed by atoms with Crippen LogP contribution in [0.2, 0.25) is 5.02 Å². The minimum Gasteiger partial charge on any atom is -0.493 e. The lowest BCUT2D eigenvalue weighted by atomic mass is 10.0. The molecule has 0 saturated carbocycles. The van der Waals surface area contributed by atoms with Crippen LogP contribution in [0.15, 0.2) is 46.9 Å². The molecule has 2 atom stereocenters. The van der Waals surface area contributed by atoms with Gasteiger partial charge in [-0.25, -0.2) is 4.79 Å². The molecule has 0 radical (unpaired) electrons. The van der Waals surface area contributed by atoms with E-state index in [4.69, 9.17) is 16.3 Å². The zero-order valence-electron chi connectivity index (χ0n) is 13.2. The van der Waals surface area contributed by atoms with Gasteiger partial charge in [0.15, 0.2) is 0 Å². The van der Waals surface area contributed by atoms with Gasteiger partial charge < -0.3 is 15.4 Å². The molecule has 0 spiro atoms. The number of amides is 2. The summed E-state index contributed by atoms with van der Waals surface area (Å²) < 4.78 is 6.61. The summed E-state index contributed by atoms with van der Waals surface area (Å²) in [6.07, 6.45) is 0.733. The molecule has 0 aliphatic carbocycles. The maximum absolute atomic E-state index is 12.4. The molecule has 0 saturated heterocycles. The molecule has 0 fully saturated rings. The fourth-order valence-electron chi connectivity index (χ4n) is 2.82. The quantitative estimate of drug-likeness (QED) is 0.750. The molecule has 3 rings (SSSR count). The number of hydrogen-bond donors (Lipinski definition) is 2. The van der Waals surface area contributed by atoms with Crippen molar-refractivity contribution in [1.82, 2.24) is 10.6 Å². The van der Waals surface area contributed by atoms with Crippen molar-refractivity contribution in [2.75, 3.05) is 6.61 Å². The van der Waals surface area contributed by atoms with Gasteiger partial charge in [0.05, 0.1) is 18.7 Å². The monoisotopic (exact) mass is 408 g/mol. The molecule has 1 aliphatic rings. The largest absolute Gasteiger partial charge is 0.493 e. The Bertz CT molecular complexity index is 754. The topological polar surface area (TPSA) is 50.4 Å². The minimum absolute atomic E-state index is 0.0790. The number of fused-ring (bicyclic) bond motifs is 1. The first-order valence-corrected chi connectivity index (χ1v) is 8.95. The van der Waals surface area contributed by atoms with E-state index in [1.165, 1.54) is 0 Å². The summed E-state index contributed by atoms with van der Waals surface area (Å²) in [5.41, 5.74) is 1.88. The second-order valence-electron chi connectivity index (χ2n) is 5.73. The number of rotatable bonds is 3. The standard InChI is InChI=1S/C18H18BrClN2O2/c1-11(13-4-2-3-5-15(13)20)21-18(23)22-16-8-9-24-17-7-6-12(19)10-14(16)17/h2-7,10-11,16H,8-9H2,1H3,(H2,21,22,23). The summed E-state index contributed by atoms with van der Waals surface area (Å²) in [7, 11) is 0. The van der Waals surface area contributed by atoms with Crippen molar-refractivity contribution in [1.29, 1.82) is 0 Å². The van der Waals surface area contributed by atoms with Gasteiger partial charge in [-0.15, -0.1) is 0 Å². The average Bonchev–Trinajstić information content (AvgIpc) is 2.55. The van der Waals surface area contributed by atoms with E-state index in [0.29, 0.717) is 11.6 Å². The van der Waals surface area contributed by atoms with Crippen LogP contribution in [0, 0.1) is 0 Å². The van der Waals surface area contributed by atoms with Gasteiger partial charge in [-0.2, -0.15) is 0 Å². The average molecular weight is 410 g/mol. The highest BCUT2D eigenvalue weighted by molar-refractivity contribution is 9.10. The zero-order chi connectivity index (χ0) is 17.1. The SMILES string of the molecule is CC(NC(=O)NC1CCOc2ccc(Br)cc21)c1ccccc1Cl. The predicted octanol–water partition coefficient (Wildman–Crippen LogP) is 4.99. The summed E-state index contributed by atoms with van der Waals surface area (Å²) in [6, 6.07) is 12.9. The van der Waals surface area contributed by atoms with Crippen molar-refractivity contribution in [3.63, 3.8) is 0 Å². The number of urea groups is 1. The Kier molecular flexibility index (Phi) is 5.31. The first-order chi connectivity index (χ1) is 11.5. The molecule has 1 aliphatic heterocycles. The van der Waals surface area contributed by atoms with Crippen molar-refractivity contribution >= 4 is 33.6 Å². The van der Waals surface area contributed by atoms with Crippen molar-refractivity contribution in [3.8, 4) is 5.75 Å².